The highest BCUT2D eigenvalue weighted by Crippen LogP contribution is 2.21. The van der Waals surface area contributed by atoms with Crippen molar-refractivity contribution in [1.82, 2.24) is 4.31 Å². The molecule has 0 unspecified atom stereocenters. The van der Waals surface area contributed by atoms with Gasteiger partial charge in [-0.3, -0.25) is 0 Å². The lowest BCUT2D eigenvalue weighted by Crippen LogP contribution is -2.53. The summed E-state index contributed by atoms with van der Waals surface area (Å²) in [5, 5.41) is 9.12. The minimum atomic E-state index is -3.43. The smallest absolute Gasteiger partial charge is 0.243 e. The third-order valence-corrected chi connectivity index (χ3v) is 4.81. The molecular weight excluding hydrogens is 262 g/mol. The number of aliphatic hydroxyl groups excluding tert-OH is 1. The number of hydrogen-bond acceptors (Lipinski definition) is 3. The number of β-amino-alcohol motifs (C(OH)–C–C–N with tert-alkyl or cyclic N) is 1. The Hall–Kier alpha value is -0.620. The molecule has 4 nitrogen and oxygen atoms in total. The summed E-state index contributed by atoms with van der Waals surface area (Å²) in [6.07, 6.45) is 0.199. The van der Waals surface area contributed by atoms with Crippen LogP contribution >= 0.6 is 11.6 Å². The van der Waals surface area contributed by atoms with Crippen LogP contribution in [-0.2, 0) is 16.4 Å². The molecule has 1 aliphatic rings. The van der Waals surface area contributed by atoms with E-state index in [0.717, 1.165) is 12.0 Å². The Morgan fingerprint density at radius 3 is 2.35 bits per heavy atom. The SMILES string of the molecule is O=S(=O)(c1ccc(CCCl)cc1)N1CC(O)C1. The molecule has 1 fully saturated rings. The third kappa shape index (κ3) is 2.63. The van der Waals surface area contributed by atoms with E-state index < -0.39 is 16.1 Å². The van der Waals surface area contributed by atoms with Crippen LogP contribution in [0.15, 0.2) is 29.2 Å². The molecule has 0 aliphatic carbocycles. The summed E-state index contributed by atoms with van der Waals surface area (Å²) in [5.74, 6) is 0.518. The van der Waals surface area contributed by atoms with Crippen LogP contribution in [-0.4, -0.2) is 42.9 Å². The summed E-state index contributed by atoms with van der Waals surface area (Å²) in [6.45, 7) is 0.373. The maximum absolute atomic E-state index is 12.0. The lowest BCUT2D eigenvalue weighted by atomic mass is 10.2. The number of aliphatic hydroxyl groups is 1. The van der Waals surface area contributed by atoms with E-state index in [2.05, 4.69) is 0 Å². The number of hydrogen-bond donors (Lipinski definition) is 1. The quantitative estimate of drug-likeness (QED) is 0.828. The van der Waals surface area contributed by atoms with Crippen LogP contribution in [0.25, 0.3) is 0 Å². The minimum Gasteiger partial charge on any atom is -0.390 e. The van der Waals surface area contributed by atoms with Crippen molar-refractivity contribution in [3.05, 3.63) is 29.8 Å². The second-order valence-corrected chi connectivity index (χ2v) is 6.37. The average molecular weight is 276 g/mol. The Balaban J connectivity index is 2.16. The fourth-order valence-electron chi connectivity index (χ4n) is 1.70. The standard InChI is InChI=1S/C11H14ClNO3S/c12-6-5-9-1-3-11(4-2-9)17(15,16)13-7-10(14)8-13/h1-4,10,14H,5-8H2. The van der Waals surface area contributed by atoms with E-state index in [4.69, 9.17) is 16.7 Å². The van der Waals surface area contributed by atoms with Gasteiger partial charge < -0.3 is 5.11 Å². The summed E-state index contributed by atoms with van der Waals surface area (Å²) < 4.78 is 25.3. The molecule has 1 heterocycles. The highest BCUT2D eigenvalue weighted by Gasteiger charge is 2.35. The van der Waals surface area contributed by atoms with Crippen LogP contribution < -0.4 is 0 Å². The minimum absolute atomic E-state index is 0.186. The fraction of sp³-hybridized carbons (Fsp3) is 0.455. The van der Waals surface area contributed by atoms with Crippen LogP contribution in [0.5, 0.6) is 0 Å². The van der Waals surface area contributed by atoms with Crippen molar-refractivity contribution < 1.29 is 13.5 Å². The van der Waals surface area contributed by atoms with Crippen LogP contribution in [0.1, 0.15) is 5.56 Å². The first kappa shape index (κ1) is 12.8. The second-order valence-electron chi connectivity index (χ2n) is 4.06. The van der Waals surface area contributed by atoms with Crippen molar-refractivity contribution in [3.8, 4) is 0 Å². The summed E-state index contributed by atoms with van der Waals surface area (Å²) >= 11 is 5.61. The van der Waals surface area contributed by atoms with E-state index in [0.29, 0.717) is 5.88 Å². The maximum atomic E-state index is 12.0. The van der Waals surface area contributed by atoms with Gasteiger partial charge in [0.2, 0.25) is 10.0 Å². The average Bonchev–Trinajstić information content (AvgIpc) is 2.26. The van der Waals surface area contributed by atoms with Crippen LogP contribution in [0.2, 0.25) is 0 Å². The lowest BCUT2D eigenvalue weighted by molar-refractivity contribution is 0.0548. The number of sulfonamides is 1. The van der Waals surface area contributed by atoms with Gasteiger partial charge in [0.25, 0.3) is 0 Å². The van der Waals surface area contributed by atoms with Gasteiger partial charge in [-0.05, 0) is 24.1 Å². The number of rotatable bonds is 4. The molecule has 1 aromatic carbocycles. The van der Waals surface area contributed by atoms with Crippen molar-refractivity contribution >= 4 is 21.6 Å². The fourth-order valence-corrected chi connectivity index (χ4v) is 3.43. The predicted molar refractivity (Wildman–Crippen MR) is 65.6 cm³/mol. The molecule has 0 radical (unpaired) electrons. The lowest BCUT2D eigenvalue weighted by Gasteiger charge is -2.34. The molecule has 0 aromatic heterocycles. The Kier molecular flexibility index (Phi) is 3.73. The summed E-state index contributed by atoms with van der Waals surface area (Å²) in [7, 11) is -3.43. The molecule has 1 aliphatic heterocycles. The first-order valence-electron chi connectivity index (χ1n) is 5.37. The second kappa shape index (κ2) is 4.94. The van der Waals surface area contributed by atoms with Gasteiger partial charge in [-0.15, -0.1) is 11.6 Å². The van der Waals surface area contributed by atoms with Crippen molar-refractivity contribution in [2.45, 2.75) is 17.4 Å². The Morgan fingerprint density at radius 2 is 1.88 bits per heavy atom. The number of benzene rings is 1. The molecule has 94 valence electrons. The molecule has 17 heavy (non-hydrogen) atoms. The number of nitrogens with zero attached hydrogens (tertiary/aromatic N) is 1. The summed E-state index contributed by atoms with van der Waals surface area (Å²) in [5.41, 5.74) is 1.02. The maximum Gasteiger partial charge on any atom is 0.243 e. The van der Waals surface area contributed by atoms with Crippen LogP contribution in [0.3, 0.4) is 0 Å². The van der Waals surface area contributed by atoms with Gasteiger partial charge in [0.1, 0.15) is 0 Å². The first-order valence-corrected chi connectivity index (χ1v) is 7.34. The Bertz CT molecular complexity index is 480. The van der Waals surface area contributed by atoms with E-state index in [1.54, 1.807) is 24.3 Å². The molecule has 2 rings (SSSR count). The van der Waals surface area contributed by atoms with Crippen molar-refractivity contribution in [3.63, 3.8) is 0 Å². The zero-order chi connectivity index (χ0) is 12.5. The van der Waals surface area contributed by atoms with E-state index in [1.807, 2.05) is 0 Å². The van der Waals surface area contributed by atoms with Crippen molar-refractivity contribution in [2.75, 3.05) is 19.0 Å². The Morgan fingerprint density at radius 1 is 1.29 bits per heavy atom. The van der Waals surface area contributed by atoms with Gasteiger partial charge >= 0.3 is 0 Å². The molecule has 0 spiro atoms. The van der Waals surface area contributed by atoms with E-state index in [1.165, 1.54) is 4.31 Å². The predicted octanol–water partition coefficient (Wildman–Crippen LogP) is 0.833. The van der Waals surface area contributed by atoms with Gasteiger partial charge in [0.15, 0.2) is 0 Å². The van der Waals surface area contributed by atoms with Gasteiger partial charge in [0, 0.05) is 19.0 Å². The number of alkyl halides is 1. The van der Waals surface area contributed by atoms with Gasteiger partial charge in [0.05, 0.1) is 11.0 Å². The first-order chi connectivity index (χ1) is 8.04. The highest BCUT2D eigenvalue weighted by molar-refractivity contribution is 7.89. The van der Waals surface area contributed by atoms with Crippen molar-refractivity contribution in [1.29, 1.82) is 0 Å². The molecule has 1 N–H and O–H groups in total. The van der Waals surface area contributed by atoms with Gasteiger partial charge in [-0.25, -0.2) is 8.42 Å². The molecule has 6 heteroatoms. The summed E-state index contributed by atoms with van der Waals surface area (Å²) in [4.78, 5) is 0.266. The zero-order valence-corrected chi connectivity index (χ0v) is 10.8. The third-order valence-electron chi connectivity index (χ3n) is 2.77. The van der Waals surface area contributed by atoms with Crippen LogP contribution in [0, 0.1) is 0 Å². The molecular formula is C11H14ClNO3S. The monoisotopic (exact) mass is 275 g/mol. The normalized spacial score (nSPS) is 18.0. The molecule has 1 saturated heterocycles. The topological polar surface area (TPSA) is 57.6 Å². The largest absolute Gasteiger partial charge is 0.390 e. The molecule has 1 aromatic rings. The zero-order valence-electron chi connectivity index (χ0n) is 9.21. The molecule has 0 atom stereocenters. The summed E-state index contributed by atoms with van der Waals surface area (Å²) in [6, 6.07) is 6.71. The van der Waals surface area contributed by atoms with E-state index in [-0.39, 0.29) is 18.0 Å². The number of halogens is 1. The Labute approximate surface area is 106 Å². The van der Waals surface area contributed by atoms with E-state index in [9.17, 15) is 8.42 Å². The van der Waals surface area contributed by atoms with E-state index >= 15 is 0 Å². The van der Waals surface area contributed by atoms with Crippen LogP contribution in [0.4, 0.5) is 0 Å². The molecule has 0 bridgehead atoms. The van der Waals surface area contributed by atoms with Gasteiger partial charge in [-0.2, -0.15) is 4.31 Å². The molecule has 0 amide bonds. The number of aryl methyl sites for hydroxylation is 1. The van der Waals surface area contributed by atoms with Gasteiger partial charge in [-0.1, -0.05) is 12.1 Å². The highest BCUT2D eigenvalue weighted by atomic mass is 35.5. The van der Waals surface area contributed by atoms with Crippen molar-refractivity contribution in [2.24, 2.45) is 0 Å². The molecule has 0 saturated carbocycles.